The number of hydrogen-bond acceptors (Lipinski definition) is 3. The van der Waals surface area contributed by atoms with Crippen molar-refractivity contribution in [3.63, 3.8) is 0 Å². The molecule has 106 valence electrons. The third kappa shape index (κ3) is 4.37. The number of hydrogen-bond donors (Lipinski definition) is 2. The molecular formula is C17H21NOS. The lowest BCUT2D eigenvalue weighted by Crippen LogP contribution is -2.21. The maximum absolute atomic E-state index is 9.22. The molecule has 0 radical (unpaired) electrons. The van der Waals surface area contributed by atoms with Crippen LogP contribution in [-0.2, 0) is 6.54 Å². The average Bonchev–Trinajstić information content (AvgIpc) is 2.53. The van der Waals surface area contributed by atoms with E-state index < -0.39 is 0 Å². The molecule has 2 aromatic carbocycles. The number of rotatable bonds is 7. The molecule has 0 fully saturated rings. The lowest BCUT2D eigenvalue weighted by molar-refractivity contribution is 0.265. The average molecular weight is 287 g/mol. The Bertz CT molecular complexity index is 498. The summed E-state index contributed by atoms with van der Waals surface area (Å²) in [5.74, 6) is 0. The van der Waals surface area contributed by atoms with Crippen LogP contribution < -0.4 is 5.32 Å². The van der Waals surface area contributed by atoms with Gasteiger partial charge in [-0.2, -0.15) is 0 Å². The first-order valence-electron chi connectivity index (χ1n) is 6.85. The van der Waals surface area contributed by atoms with Gasteiger partial charge < -0.3 is 10.4 Å². The van der Waals surface area contributed by atoms with Crippen molar-refractivity contribution in [2.24, 2.45) is 0 Å². The molecule has 0 spiro atoms. The van der Waals surface area contributed by atoms with E-state index in [1.807, 2.05) is 18.2 Å². The summed E-state index contributed by atoms with van der Waals surface area (Å²) in [6.07, 6.45) is 2.81. The topological polar surface area (TPSA) is 32.3 Å². The molecule has 2 aromatic rings. The van der Waals surface area contributed by atoms with E-state index in [1.54, 1.807) is 11.8 Å². The summed E-state index contributed by atoms with van der Waals surface area (Å²) in [6, 6.07) is 19.1. The third-order valence-corrected chi connectivity index (χ3v) is 4.07. The highest BCUT2D eigenvalue weighted by molar-refractivity contribution is 7.98. The maximum Gasteiger partial charge on any atom is 0.0449 e. The van der Waals surface area contributed by atoms with Crippen LogP contribution in [0.3, 0.4) is 0 Å². The summed E-state index contributed by atoms with van der Waals surface area (Å²) in [5, 5.41) is 12.7. The molecule has 0 aromatic heterocycles. The predicted octanol–water partition coefficient (Wildman–Crippen LogP) is 3.62. The largest absolute Gasteiger partial charge is 0.396 e. The van der Waals surface area contributed by atoms with Crippen molar-refractivity contribution in [3.05, 3.63) is 65.7 Å². The number of aliphatic hydroxyl groups is 1. The Hall–Kier alpha value is -1.29. The van der Waals surface area contributed by atoms with E-state index in [-0.39, 0.29) is 12.6 Å². The number of benzene rings is 2. The van der Waals surface area contributed by atoms with Crippen molar-refractivity contribution in [1.29, 1.82) is 0 Å². The van der Waals surface area contributed by atoms with Gasteiger partial charge in [0.15, 0.2) is 0 Å². The highest BCUT2D eigenvalue weighted by Gasteiger charge is 2.09. The molecule has 0 heterocycles. The molecule has 2 N–H and O–H groups in total. The summed E-state index contributed by atoms with van der Waals surface area (Å²) in [7, 11) is 0. The normalized spacial score (nSPS) is 12.3. The van der Waals surface area contributed by atoms with Gasteiger partial charge in [-0.1, -0.05) is 42.5 Å². The number of thioether (sulfide) groups is 1. The van der Waals surface area contributed by atoms with Crippen LogP contribution in [0, 0.1) is 0 Å². The molecule has 0 aliphatic rings. The molecule has 0 aliphatic heterocycles. The predicted molar refractivity (Wildman–Crippen MR) is 85.9 cm³/mol. The van der Waals surface area contributed by atoms with Crippen LogP contribution in [0.5, 0.6) is 0 Å². The molecule has 0 bridgehead atoms. The fourth-order valence-corrected chi connectivity index (χ4v) is 2.59. The molecule has 1 atom stereocenters. The summed E-state index contributed by atoms with van der Waals surface area (Å²) in [6.45, 7) is 1.01. The number of nitrogens with one attached hydrogen (secondary N) is 1. The Balaban J connectivity index is 1.98. The van der Waals surface area contributed by atoms with Crippen LogP contribution in [0.25, 0.3) is 0 Å². The molecule has 0 amide bonds. The zero-order valence-corrected chi connectivity index (χ0v) is 12.6. The van der Waals surface area contributed by atoms with Gasteiger partial charge >= 0.3 is 0 Å². The highest BCUT2D eigenvalue weighted by atomic mass is 32.2. The van der Waals surface area contributed by atoms with E-state index in [4.69, 9.17) is 0 Å². The van der Waals surface area contributed by atoms with E-state index in [1.165, 1.54) is 16.0 Å². The fraction of sp³-hybridized carbons (Fsp3) is 0.294. The van der Waals surface area contributed by atoms with Crippen LogP contribution in [0.1, 0.15) is 23.6 Å². The van der Waals surface area contributed by atoms with Crippen molar-refractivity contribution in [2.75, 3.05) is 12.9 Å². The van der Waals surface area contributed by atoms with E-state index in [0.717, 1.165) is 13.0 Å². The standard InChI is InChI=1S/C17H21NOS/c1-20-16-9-7-14(8-10-16)13-18-17(11-12-19)15-5-3-2-4-6-15/h2-10,17-19H,11-13H2,1H3/t17-/m1/s1. The van der Waals surface area contributed by atoms with Crippen molar-refractivity contribution >= 4 is 11.8 Å². The second-order valence-corrected chi connectivity index (χ2v) is 5.58. The number of aliphatic hydroxyl groups excluding tert-OH is 1. The second kappa shape index (κ2) is 8.10. The van der Waals surface area contributed by atoms with Crippen molar-refractivity contribution in [2.45, 2.75) is 23.9 Å². The van der Waals surface area contributed by atoms with Gasteiger partial charge in [-0.25, -0.2) is 0 Å². The highest BCUT2D eigenvalue weighted by Crippen LogP contribution is 2.18. The van der Waals surface area contributed by atoms with Crippen LogP contribution in [0.2, 0.25) is 0 Å². The Kier molecular flexibility index (Phi) is 6.12. The van der Waals surface area contributed by atoms with Crippen molar-refractivity contribution < 1.29 is 5.11 Å². The van der Waals surface area contributed by atoms with E-state index in [9.17, 15) is 5.11 Å². The molecule has 0 saturated heterocycles. The van der Waals surface area contributed by atoms with Gasteiger partial charge in [0.2, 0.25) is 0 Å². The van der Waals surface area contributed by atoms with Crippen LogP contribution >= 0.6 is 11.8 Å². The lowest BCUT2D eigenvalue weighted by atomic mass is 10.0. The Labute approximate surface area is 125 Å². The van der Waals surface area contributed by atoms with Crippen LogP contribution in [0.4, 0.5) is 0 Å². The first kappa shape index (κ1) is 15.1. The first-order valence-corrected chi connectivity index (χ1v) is 8.08. The molecule has 0 unspecified atom stereocenters. The summed E-state index contributed by atoms with van der Waals surface area (Å²) in [4.78, 5) is 1.28. The quantitative estimate of drug-likeness (QED) is 0.763. The van der Waals surface area contributed by atoms with Crippen molar-refractivity contribution in [1.82, 2.24) is 5.32 Å². The Morgan fingerprint density at radius 3 is 2.35 bits per heavy atom. The van der Waals surface area contributed by atoms with E-state index >= 15 is 0 Å². The minimum absolute atomic E-state index is 0.192. The monoisotopic (exact) mass is 287 g/mol. The molecule has 0 saturated carbocycles. The van der Waals surface area contributed by atoms with Gasteiger partial charge in [-0.15, -0.1) is 11.8 Å². The van der Waals surface area contributed by atoms with E-state index in [2.05, 4.69) is 48.0 Å². The van der Waals surface area contributed by atoms with Gasteiger partial charge in [-0.3, -0.25) is 0 Å². The first-order chi connectivity index (χ1) is 9.83. The van der Waals surface area contributed by atoms with Crippen LogP contribution in [0.15, 0.2) is 59.5 Å². The van der Waals surface area contributed by atoms with Gasteiger partial charge in [0.05, 0.1) is 0 Å². The van der Waals surface area contributed by atoms with Gasteiger partial charge in [0.25, 0.3) is 0 Å². The Morgan fingerprint density at radius 1 is 1.05 bits per heavy atom. The molecule has 2 nitrogen and oxygen atoms in total. The molecule has 20 heavy (non-hydrogen) atoms. The maximum atomic E-state index is 9.22. The minimum atomic E-state index is 0.192. The molecule has 3 heteroatoms. The lowest BCUT2D eigenvalue weighted by Gasteiger charge is -2.18. The molecule has 0 aliphatic carbocycles. The minimum Gasteiger partial charge on any atom is -0.396 e. The van der Waals surface area contributed by atoms with Crippen LogP contribution in [-0.4, -0.2) is 18.0 Å². The SMILES string of the molecule is CSc1ccc(CN[C@H](CCO)c2ccccc2)cc1. The fourth-order valence-electron chi connectivity index (χ4n) is 2.19. The van der Waals surface area contributed by atoms with Crippen molar-refractivity contribution in [3.8, 4) is 0 Å². The van der Waals surface area contributed by atoms with Gasteiger partial charge in [-0.05, 0) is 35.9 Å². The van der Waals surface area contributed by atoms with Gasteiger partial charge in [0, 0.05) is 24.1 Å². The van der Waals surface area contributed by atoms with Gasteiger partial charge in [0.1, 0.15) is 0 Å². The summed E-state index contributed by atoms with van der Waals surface area (Å²) >= 11 is 1.75. The second-order valence-electron chi connectivity index (χ2n) is 4.70. The third-order valence-electron chi connectivity index (χ3n) is 3.33. The smallest absolute Gasteiger partial charge is 0.0449 e. The Morgan fingerprint density at radius 2 is 1.75 bits per heavy atom. The zero-order chi connectivity index (χ0) is 14.2. The van der Waals surface area contributed by atoms with E-state index in [0.29, 0.717) is 0 Å². The zero-order valence-electron chi connectivity index (χ0n) is 11.8. The summed E-state index contributed by atoms with van der Waals surface area (Å²) < 4.78 is 0. The molecular weight excluding hydrogens is 266 g/mol. The summed E-state index contributed by atoms with van der Waals surface area (Å²) in [5.41, 5.74) is 2.49. The molecule has 2 rings (SSSR count).